The average molecular weight is 213 g/mol. The summed E-state index contributed by atoms with van der Waals surface area (Å²) < 4.78 is 0. The standard InChI is InChI=1S/C13H11NO2/c15-13(16)7-3-4-10-8-9-14-12-6-2-1-5-11(10)12/h1-6,8-9H,7H2,(H,15,16). The van der Waals surface area contributed by atoms with Crippen LogP contribution in [0, 0.1) is 0 Å². The van der Waals surface area contributed by atoms with Gasteiger partial charge >= 0.3 is 5.97 Å². The highest BCUT2D eigenvalue weighted by atomic mass is 16.4. The Balaban J connectivity index is 2.37. The van der Waals surface area contributed by atoms with Gasteiger partial charge in [-0.2, -0.15) is 0 Å². The summed E-state index contributed by atoms with van der Waals surface area (Å²) in [4.78, 5) is 14.6. The molecule has 0 atom stereocenters. The first-order valence-electron chi connectivity index (χ1n) is 4.99. The van der Waals surface area contributed by atoms with Crippen LogP contribution in [0.15, 0.2) is 42.6 Å². The van der Waals surface area contributed by atoms with Crippen LogP contribution in [0.4, 0.5) is 0 Å². The van der Waals surface area contributed by atoms with E-state index in [2.05, 4.69) is 4.98 Å². The van der Waals surface area contributed by atoms with Gasteiger partial charge in [-0.1, -0.05) is 30.4 Å². The van der Waals surface area contributed by atoms with E-state index in [0.717, 1.165) is 16.5 Å². The molecule has 0 saturated heterocycles. The van der Waals surface area contributed by atoms with Crippen LogP contribution < -0.4 is 0 Å². The number of carboxylic acids is 1. The maximum Gasteiger partial charge on any atom is 0.307 e. The number of hydrogen-bond acceptors (Lipinski definition) is 2. The van der Waals surface area contributed by atoms with Gasteiger partial charge in [0.15, 0.2) is 0 Å². The van der Waals surface area contributed by atoms with Crippen LogP contribution in [-0.2, 0) is 4.79 Å². The lowest BCUT2D eigenvalue weighted by Crippen LogP contribution is -1.89. The maximum atomic E-state index is 10.4. The smallest absolute Gasteiger partial charge is 0.307 e. The fourth-order valence-electron chi connectivity index (χ4n) is 1.55. The van der Waals surface area contributed by atoms with E-state index in [-0.39, 0.29) is 6.42 Å². The molecule has 0 bridgehead atoms. The molecule has 0 radical (unpaired) electrons. The summed E-state index contributed by atoms with van der Waals surface area (Å²) in [6.07, 6.45) is 5.22. The zero-order valence-corrected chi connectivity index (χ0v) is 8.63. The molecule has 2 rings (SSSR count). The largest absolute Gasteiger partial charge is 0.481 e. The average Bonchev–Trinajstić information content (AvgIpc) is 2.29. The predicted octanol–water partition coefficient (Wildman–Crippen LogP) is 2.72. The Morgan fingerprint density at radius 1 is 1.31 bits per heavy atom. The number of nitrogens with zero attached hydrogens (tertiary/aromatic N) is 1. The van der Waals surface area contributed by atoms with E-state index in [4.69, 9.17) is 5.11 Å². The lowest BCUT2D eigenvalue weighted by molar-refractivity contribution is -0.135. The molecule has 2 aromatic rings. The van der Waals surface area contributed by atoms with Crippen molar-refractivity contribution in [3.05, 3.63) is 48.2 Å². The monoisotopic (exact) mass is 213 g/mol. The first kappa shape index (κ1) is 10.4. The molecule has 16 heavy (non-hydrogen) atoms. The van der Waals surface area contributed by atoms with E-state index in [9.17, 15) is 4.79 Å². The van der Waals surface area contributed by atoms with E-state index in [1.54, 1.807) is 12.3 Å². The van der Waals surface area contributed by atoms with Gasteiger partial charge in [0, 0.05) is 11.6 Å². The molecule has 0 aliphatic heterocycles. The molecule has 0 amide bonds. The van der Waals surface area contributed by atoms with Crippen LogP contribution in [0.5, 0.6) is 0 Å². The van der Waals surface area contributed by atoms with Gasteiger partial charge in [0.1, 0.15) is 0 Å². The van der Waals surface area contributed by atoms with Crippen molar-refractivity contribution >= 4 is 22.9 Å². The molecular formula is C13H11NO2. The highest BCUT2D eigenvalue weighted by Crippen LogP contribution is 2.17. The summed E-state index contributed by atoms with van der Waals surface area (Å²) in [6, 6.07) is 9.66. The van der Waals surface area contributed by atoms with Crippen molar-refractivity contribution in [1.82, 2.24) is 4.98 Å². The van der Waals surface area contributed by atoms with Gasteiger partial charge < -0.3 is 5.11 Å². The van der Waals surface area contributed by atoms with Gasteiger partial charge in [0.25, 0.3) is 0 Å². The Bertz CT molecular complexity index is 541. The van der Waals surface area contributed by atoms with Crippen molar-refractivity contribution in [2.24, 2.45) is 0 Å². The molecular weight excluding hydrogens is 202 g/mol. The quantitative estimate of drug-likeness (QED) is 0.852. The normalized spacial score (nSPS) is 11.0. The fraction of sp³-hybridized carbons (Fsp3) is 0.0769. The molecule has 1 heterocycles. The summed E-state index contributed by atoms with van der Waals surface area (Å²) in [5.74, 6) is -0.824. The number of aromatic nitrogens is 1. The Morgan fingerprint density at radius 2 is 2.12 bits per heavy atom. The number of hydrogen-bond donors (Lipinski definition) is 1. The van der Waals surface area contributed by atoms with Gasteiger partial charge in [0.2, 0.25) is 0 Å². The predicted molar refractivity (Wildman–Crippen MR) is 63.0 cm³/mol. The second-order valence-corrected chi connectivity index (χ2v) is 3.42. The second-order valence-electron chi connectivity index (χ2n) is 3.42. The zero-order chi connectivity index (χ0) is 11.4. The van der Waals surface area contributed by atoms with E-state index < -0.39 is 5.97 Å². The molecule has 1 aromatic carbocycles. The van der Waals surface area contributed by atoms with Crippen LogP contribution >= 0.6 is 0 Å². The number of para-hydroxylation sites is 1. The van der Waals surface area contributed by atoms with Crippen molar-refractivity contribution < 1.29 is 9.90 Å². The third-order valence-corrected chi connectivity index (χ3v) is 2.27. The molecule has 0 saturated carbocycles. The van der Waals surface area contributed by atoms with Crippen molar-refractivity contribution in [3.8, 4) is 0 Å². The Morgan fingerprint density at radius 3 is 2.94 bits per heavy atom. The van der Waals surface area contributed by atoms with Crippen molar-refractivity contribution in [1.29, 1.82) is 0 Å². The number of aliphatic carboxylic acids is 1. The minimum atomic E-state index is -0.824. The van der Waals surface area contributed by atoms with Crippen LogP contribution in [0.3, 0.4) is 0 Å². The number of rotatable bonds is 3. The zero-order valence-electron chi connectivity index (χ0n) is 8.63. The summed E-state index contributed by atoms with van der Waals surface area (Å²) in [7, 11) is 0. The first-order chi connectivity index (χ1) is 7.77. The molecule has 80 valence electrons. The van der Waals surface area contributed by atoms with Crippen molar-refractivity contribution in [3.63, 3.8) is 0 Å². The van der Waals surface area contributed by atoms with E-state index in [0.29, 0.717) is 0 Å². The first-order valence-corrected chi connectivity index (χ1v) is 4.99. The van der Waals surface area contributed by atoms with Gasteiger partial charge in [-0.05, 0) is 17.7 Å². The van der Waals surface area contributed by atoms with E-state index in [1.807, 2.05) is 36.4 Å². The van der Waals surface area contributed by atoms with Gasteiger partial charge in [0.05, 0.1) is 11.9 Å². The van der Waals surface area contributed by atoms with Crippen molar-refractivity contribution in [2.75, 3.05) is 0 Å². The summed E-state index contributed by atoms with van der Waals surface area (Å²) in [5, 5.41) is 9.58. The molecule has 1 N–H and O–H groups in total. The summed E-state index contributed by atoms with van der Waals surface area (Å²) in [6.45, 7) is 0. The Labute approximate surface area is 93.1 Å². The molecule has 0 unspecified atom stereocenters. The minimum Gasteiger partial charge on any atom is -0.481 e. The SMILES string of the molecule is O=C(O)CC=Cc1ccnc2ccccc12. The number of carbonyl (C=O) groups is 1. The molecule has 0 aliphatic rings. The van der Waals surface area contributed by atoms with Crippen molar-refractivity contribution in [2.45, 2.75) is 6.42 Å². The van der Waals surface area contributed by atoms with Gasteiger partial charge in [-0.25, -0.2) is 0 Å². The molecule has 3 heteroatoms. The number of benzene rings is 1. The number of fused-ring (bicyclic) bond motifs is 1. The third kappa shape index (κ3) is 2.25. The van der Waals surface area contributed by atoms with Crippen LogP contribution in [0.25, 0.3) is 17.0 Å². The maximum absolute atomic E-state index is 10.4. The molecule has 0 aliphatic carbocycles. The van der Waals surface area contributed by atoms with Gasteiger partial charge in [-0.15, -0.1) is 0 Å². The topological polar surface area (TPSA) is 50.2 Å². The third-order valence-electron chi connectivity index (χ3n) is 2.27. The second kappa shape index (κ2) is 4.57. The Hall–Kier alpha value is -2.16. The number of pyridine rings is 1. The van der Waals surface area contributed by atoms with Crippen LogP contribution in [0.1, 0.15) is 12.0 Å². The number of carboxylic acid groups (broad SMARTS) is 1. The lowest BCUT2D eigenvalue weighted by Gasteiger charge is -2.00. The highest BCUT2D eigenvalue weighted by Gasteiger charge is 1.97. The van der Waals surface area contributed by atoms with E-state index in [1.165, 1.54) is 0 Å². The van der Waals surface area contributed by atoms with E-state index >= 15 is 0 Å². The summed E-state index contributed by atoms with van der Waals surface area (Å²) in [5.41, 5.74) is 1.91. The summed E-state index contributed by atoms with van der Waals surface area (Å²) >= 11 is 0. The molecule has 3 nitrogen and oxygen atoms in total. The fourth-order valence-corrected chi connectivity index (χ4v) is 1.55. The van der Waals surface area contributed by atoms with Gasteiger partial charge in [-0.3, -0.25) is 9.78 Å². The Kier molecular flexibility index (Phi) is 2.96. The minimum absolute atomic E-state index is 0.0383. The molecule has 1 aromatic heterocycles. The molecule has 0 fully saturated rings. The van der Waals surface area contributed by atoms with Crippen LogP contribution in [0.2, 0.25) is 0 Å². The van der Waals surface area contributed by atoms with Crippen LogP contribution in [-0.4, -0.2) is 16.1 Å². The molecule has 0 spiro atoms. The lowest BCUT2D eigenvalue weighted by atomic mass is 10.1. The highest BCUT2D eigenvalue weighted by molar-refractivity contribution is 5.87.